The quantitative estimate of drug-likeness (QED) is 0.740. The molecule has 0 saturated heterocycles. The number of benzene rings is 1. The lowest BCUT2D eigenvalue weighted by atomic mass is 9.79. The molecule has 0 spiro atoms. The second-order valence-corrected chi connectivity index (χ2v) is 6.23. The van der Waals surface area contributed by atoms with E-state index in [1.807, 2.05) is 6.07 Å². The third-order valence-electron chi connectivity index (χ3n) is 4.48. The van der Waals surface area contributed by atoms with Gasteiger partial charge in [-0.3, -0.25) is 4.98 Å². The lowest BCUT2D eigenvalue weighted by molar-refractivity contribution is 0.376. The second kappa shape index (κ2) is 6.55. The van der Waals surface area contributed by atoms with E-state index in [1.54, 1.807) is 6.07 Å². The van der Waals surface area contributed by atoms with E-state index in [1.165, 1.54) is 24.7 Å². The van der Waals surface area contributed by atoms with Gasteiger partial charge in [0.05, 0.1) is 30.0 Å². The molecule has 8 heteroatoms. The summed E-state index contributed by atoms with van der Waals surface area (Å²) in [6, 6.07) is 5.07. The first-order valence-electron chi connectivity index (χ1n) is 8.28. The average Bonchev–Trinajstić information content (AvgIpc) is 2.58. The van der Waals surface area contributed by atoms with E-state index in [0.29, 0.717) is 11.4 Å². The van der Waals surface area contributed by atoms with E-state index < -0.39 is 5.82 Å². The van der Waals surface area contributed by atoms with Crippen molar-refractivity contribution >= 4 is 11.5 Å². The van der Waals surface area contributed by atoms with Crippen LogP contribution in [0.25, 0.3) is 11.3 Å². The molecule has 4 rings (SSSR count). The number of nitrogens with two attached hydrogens (primary N) is 2. The number of hydrogen-bond donors (Lipinski definition) is 2. The highest BCUT2D eigenvalue weighted by molar-refractivity contribution is 5.64. The average molecular weight is 352 g/mol. The summed E-state index contributed by atoms with van der Waals surface area (Å²) in [4.78, 5) is 8.12. The highest BCUT2D eigenvalue weighted by Crippen LogP contribution is 2.44. The van der Waals surface area contributed by atoms with Crippen LogP contribution in [0.15, 0.2) is 36.8 Å². The van der Waals surface area contributed by atoms with Crippen molar-refractivity contribution in [1.82, 2.24) is 20.2 Å². The molecule has 1 saturated carbocycles. The largest absolute Gasteiger partial charge is 0.434 e. The molecule has 1 fully saturated rings. The molecule has 4 N–H and O–H groups in total. The van der Waals surface area contributed by atoms with Gasteiger partial charge in [-0.1, -0.05) is 12.5 Å². The number of aromatic nitrogens is 4. The predicted octanol–water partition coefficient (Wildman–Crippen LogP) is 3.30. The Kier molecular flexibility index (Phi) is 4.08. The van der Waals surface area contributed by atoms with Crippen LogP contribution in [0.1, 0.15) is 30.7 Å². The molecule has 2 heterocycles. The molecule has 3 aromatic rings. The number of hydrogen-bond acceptors (Lipinski definition) is 7. The zero-order chi connectivity index (χ0) is 18.1. The summed E-state index contributed by atoms with van der Waals surface area (Å²) in [5.41, 5.74) is 13.1. The summed E-state index contributed by atoms with van der Waals surface area (Å²) in [5.74, 6) is 0.292. The van der Waals surface area contributed by atoms with Crippen molar-refractivity contribution in [2.24, 2.45) is 0 Å². The third-order valence-corrected chi connectivity index (χ3v) is 4.48. The Bertz CT molecular complexity index is 943. The van der Waals surface area contributed by atoms with Gasteiger partial charge in [0.25, 0.3) is 0 Å². The predicted molar refractivity (Wildman–Crippen MR) is 94.9 cm³/mol. The second-order valence-electron chi connectivity index (χ2n) is 6.23. The maximum atomic E-state index is 15.3. The maximum Gasteiger partial charge on any atom is 0.241 e. The summed E-state index contributed by atoms with van der Waals surface area (Å²) < 4.78 is 21.1. The lowest BCUT2D eigenvalue weighted by Crippen LogP contribution is -2.11. The fourth-order valence-electron chi connectivity index (χ4n) is 2.91. The summed E-state index contributed by atoms with van der Waals surface area (Å²) in [6.45, 7) is 0. The van der Waals surface area contributed by atoms with Gasteiger partial charge in [-0.25, -0.2) is 9.37 Å². The molecule has 132 valence electrons. The fourth-order valence-corrected chi connectivity index (χ4v) is 2.91. The van der Waals surface area contributed by atoms with Crippen molar-refractivity contribution in [1.29, 1.82) is 0 Å². The monoisotopic (exact) mass is 352 g/mol. The van der Waals surface area contributed by atoms with Crippen molar-refractivity contribution in [2.75, 3.05) is 11.5 Å². The van der Waals surface area contributed by atoms with Crippen LogP contribution < -0.4 is 16.2 Å². The van der Waals surface area contributed by atoms with E-state index in [4.69, 9.17) is 16.2 Å². The van der Waals surface area contributed by atoms with Gasteiger partial charge in [0.2, 0.25) is 5.88 Å². The maximum absolute atomic E-state index is 15.3. The number of rotatable bonds is 4. The van der Waals surface area contributed by atoms with Gasteiger partial charge in [-0.15, -0.1) is 5.10 Å². The van der Waals surface area contributed by atoms with Crippen molar-refractivity contribution in [2.45, 2.75) is 25.2 Å². The number of nitrogens with zero attached hydrogens (tertiary/aromatic N) is 4. The van der Waals surface area contributed by atoms with E-state index in [9.17, 15) is 0 Å². The van der Waals surface area contributed by atoms with Crippen LogP contribution in [-0.4, -0.2) is 20.2 Å². The molecule has 0 bridgehead atoms. The molecule has 7 nitrogen and oxygen atoms in total. The van der Waals surface area contributed by atoms with Crippen LogP contribution in [0.3, 0.4) is 0 Å². The molecule has 26 heavy (non-hydrogen) atoms. The number of nitrogen functional groups attached to an aromatic ring is 2. The zero-order valence-corrected chi connectivity index (χ0v) is 13.9. The number of halogens is 1. The summed E-state index contributed by atoms with van der Waals surface area (Å²) >= 11 is 0. The fraction of sp³-hybridized carbons (Fsp3) is 0.222. The van der Waals surface area contributed by atoms with E-state index in [-0.39, 0.29) is 28.9 Å². The van der Waals surface area contributed by atoms with Gasteiger partial charge >= 0.3 is 0 Å². The van der Waals surface area contributed by atoms with Crippen molar-refractivity contribution < 1.29 is 9.13 Å². The van der Waals surface area contributed by atoms with Crippen LogP contribution in [0.2, 0.25) is 0 Å². The number of anilines is 2. The Morgan fingerprint density at radius 3 is 2.58 bits per heavy atom. The van der Waals surface area contributed by atoms with Gasteiger partial charge in [0.1, 0.15) is 5.82 Å². The Labute approximate surface area is 149 Å². The summed E-state index contributed by atoms with van der Waals surface area (Å²) in [5, 5.41) is 7.62. The molecule has 0 amide bonds. The lowest BCUT2D eigenvalue weighted by Gasteiger charge is -2.28. The standard InChI is InChI=1S/C18H17FN6O/c19-17-13(14-8-23-15(21)9-22-14)5-4-12(10-2-1-3-10)18(17)26-16-6-11(20)7-24-25-16/h4-10H,1-3H2,(H2,20,25)(H2,21,23). The SMILES string of the molecule is Nc1cnnc(Oc2c(C3CCC3)ccc(-c3cnc(N)cn3)c2F)c1. The molecule has 1 aromatic carbocycles. The van der Waals surface area contributed by atoms with E-state index in [2.05, 4.69) is 20.2 Å². The zero-order valence-electron chi connectivity index (χ0n) is 13.9. The summed E-state index contributed by atoms with van der Waals surface area (Å²) in [6.07, 6.45) is 7.34. The number of ether oxygens (including phenoxy) is 1. The first-order valence-corrected chi connectivity index (χ1v) is 8.28. The third kappa shape index (κ3) is 3.01. The first kappa shape index (κ1) is 16.2. The van der Waals surface area contributed by atoms with Gasteiger partial charge in [-0.05, 0) is 24.8 Å². The minimum Gasteiger partial charge on any atom is -0.434 e. The van der Waals surface area contributed by atoms with E-state index in [0.717, 1.165) is 24.8 Å². The Morgan fingerprint density at radius 2 is 1.92 bits per heavy atom. The first-order chi connectivity index (χ1) is 12.6. The Morgan fingerprint density at radius 1 is 1.08 bits per heavy atom. The minimum absolute atomic E-state index is 0.130. The van der Waals surface area contributed by atoms with Crippen LogP contribution in [0.4, 0.5) is 15.9 Å². The molecule has 0 atom stereocenters. The van der Waals surface area contributed by atoms with E-state index >= 15 is 4.39 Å². The minimum atomic E-state index is -0.516. The van der Waals surface area contributed by atoms with Gasteiger partial charge in [0.15, 0.2) is 11.6 Å². The molecule has 0 aliphatic heterocycles. The molecule has 0 radical (unpaired) electrons. The van der Waals surface area contributed by atoms with Crippen molar-refractivity contribution in [3.05, 3.63) is 48.2 Å². The molecular weight excluding hydrogens is 335 g/mol. The smallest absolute Gasteiger partial charge is 0.241 e. The highest BCUT2D eigenvalue weighted by atomic mass is 19.1. The molecule has 0 unspecified atom stereocenters. The van der Waals surface area contributed by atoms with Crippen molar-refractivity contribution in [3.63, 3.8) is 0 Å². The van der Waals surface area contributed by atoms with Crippen molar-refractivity contribution in [3.8, 4) is 22.9 Å². The Hall–Kier alpha value is -3.29. The Balaban J connectivity index is 1.80. The molecule has 2 aromatic heterocycles. The summed E-state index contributed by atoms with van der Waals surface area (Å²) in [7, 11) is 0. The van der Waals surface area contributed by atoms with Crippen LogP contribution in [0, 0.1) is 5.82 Å². The normalized spacial score (nSPS) is 14.0. The molecular formula is C18H17FN6O. The molecule has 1 aliphatic carbocycles. The van der Waals surface area contributed by atoms with Gasteiger partial charge in [-0.2, -0.15) is 5.10 Å². The molecule has 1 aliphatic rings. The topological polar surface area (TPSA) is 113 Å². The van der Waals surface area contributed by atoms with Crippen LogP contribution in [0.5, 0.6) is 11.6 Å². The van der Waals surface area contributed by atoms with Gasteiger partial charge < -0.3 is 16.2 Å². The van der Waals surface area contributed by atoms with Crippen LogP contribution >= 0.6 is 0 Å². The highest BCUT2D eigenvalue weighted by Gasteiger charge is 2.27. The van der Waals surface area contributed by atoms with Gasteiger partial charge in [0, 0.05) is 17.2 Å². The van der Waals surface area contributed by atoms with Crippen LogP contribution in [-0.2, 0) is 0 Å².